The molecular formula is C19H26N2O4. The Hall–Kier alpha value is -2.24. The lowest BCUT2D eigenvalue weighted by atomic mass is 9.81. The average molecular weight is 346 g/mol. The van der Waals surface area contributed by atoms with Crippen molar-refractivity contribution in [2.24, 2.45) is 11.8 Å². The second kappa shape index (κ2) is 7.76. The highest BCUT2D eigenvalue weighted by molar-refractivity contribution is 5.94. The van der Waals surface area contributed by atoms with Crippen LogP contribution in [0.4, 0.5) is 5.69 Å². The Labute approximate surface area is 148 Å². The Morgan fingerprint density at radius 1 is 0.920 bits per heavy atom. The molecule has 0 aromatic heterocycles. The minimum atomic E-state index is -0.0686. The van der Waals surface area contributed by atoms with Crippen LogP contribution >= 0.6 is 0 Å². The Morgan fingerprint density at radius 3 is 2.12 bits per heavy atom. The zero-order valence-corrected chi connectivity index (χ0v) is 14.8. The molecule has 0 radical (unpaired) electrons. The number of carbonyl (C=O) groups excluding carboxylic acids is 2. The molecule has 2 amide bonds. The minimum absolute atomic E-state index is 0.0207. The van der Waals surface area contributed by atoms with Gasteiger partial charge in [0.25, 0.3) is 0 Å². The van der Waals surface area contributed by atoms with Crippen LogP contribution in [0.5, 0.6) is 11.5 Å². The maximum atomic E-state index is 12.6. The molecule has 3 rings (SSSR count). The number of carbonyl (C=O) groups is 2. The van der Waals surface area contributed by atoms with Crippen LogP contribution in [-0.2, 0) is 9.59 Å². The standard InChI is InChI=1S/C19H26N2O4/c1-24-15-9-10-17(25-2)16(11-15)21-19(23)13-5-3-12(4-6-13)18(22)20-14-7-8-14/h9-14H,3-8H2,1-2H3,(H,20,22)(H,21,23). The molecule has 1 aromatic rings. The third-order valence-corrected chi connectivity index (χ3v) is 5.06. The second-order valence-electron chi connectivity index (χ2n) is 6.89. The van der Waals surface area contributed by atoms with E-state index >= 15 is 0 Å². The first-order valence-electron chi connectivity index (χ1n) is 8.94. The van der Waals surface area contributed by atoms with Gasteiger partial charge in [0.1, 0.15) is 11.5 Å². The highest BCUT2D eigenvalue weighted by Gasteiger charge is 2.32. The molecule has 0 aliphatic heterocycles. The highest BCUT2D eigenvalue weighted by Crippen LogP contribution is 2.33. The first kappa shape index (κ1) is 17.6. The summed E-state index contributed by atoms with van der Waals surface area (Å²) in [5, 5.41) is 6.01. The molecule has 6 heteroatoms. The molecule has 0 unspecified atom stereocenters. The van der Waals surface area contributed by atoms with E-state index in [4.69, 9.17) is 9.47 Å². The summed E-state index contributed by atoms with van der Waals surface area (Å²) in [6.07, 6.45) is 5.22. The second-order valence-corrected chi connectivity index (χ2v) is 6.89. The molecule has 25 heavy (non-hydrogen) atoms. The topological polar surface area (TPSA) is 76.7 Å². The van der Waals surface area contributed by atoms with Crippen molar-refractivity contribution in [2.45, 2.75) is 44.6 Å². The van der Waals surface area contributed by atoms with E-state index in [-0.39, 0.29) is 23.7 Å². The Balaban J connectivity index is 1.55. The van der Waals surface area contributed by atoms with Crippen LogP contribution in [0, 0.1) is 11.8 Å². The molecule has 1 aromatic carbocycles. The van der Waals surface area contributed by atoms with Crippen molar-refractivity contribution in [3.63, 3.8) is 0 Å². The van der Waals surface area contributed by atoms with Crippen molar-refractivity contribution in [3.8, 4) is 11.5 Å². The number of benzene rings is 1. The molecule has 0 saturated heterocycles. The fraction of sp³-hybridized carbons (Fsp3) is 0.579. The summed E-state index contributed by atoms with van der Waals surface area (Å²) < 4.78 is 10.5. The van der Waals surface area contributed by atoms with Crippen molar-refractivity contribution in [1.82, 2.24) is 5.32 Å². The Bertz CT molecular complexity index is 634. The molecule has 0 bridgehead atoms. The van der Waals surface area contributed by atoms with Crippen LogP contribution in [-0.4, -0.2) is 32.1 Å². The number of methoxy groups -OCH3 is 2. The molecule has 2 N–H and O–H groups in total. The highest BCUT2D eigenvalue weighted by atomic mass is 16.5. The molecule has 2 saturated carbocycles. The summed E-state index contributed by atoms with van der Waals surface area (Å²) in [6.45, 7) is 0. The third-order valence-electron chi connectivity index (χ3n) is 5.06. The largest absolute Gasteiger partial charge is 0.497 e. The normalized spacial score (nSPS) is 22.8. The first-order chi connectivity index (χ1) is 12.1. The van der Waals surface area contributed by atoms with Gasteiger partial charge >= 0.3 is 0 Å². The molecule has 2 aliphatic rings. The summed E-state index contributed by atoms with van der Waals surface area (Å²) >= 11 is 0. The third kappa shape index (κ3) is 4.44. The predicted octanol–water partition coefficient (Wildman–Crippen LogP) is 2.73. The van der Waals surface area contributed by atoms with Crippen LogP contribution in [0.25, 0.3) is 0 Å². The fourth-order valence-electron chi connectivity index (χ4n) is 3.31. The minimum Gasteiger partial charge on any atom is -0.497 e. The zero-order chi connectivity index (χ0) is 17.8. The van der Waals surface area contributed by atoms with Gasteiger partial charge in [0.2, 0.25) is 11.8 Å². The van der Waals surface area contributed by atoms with Crippen LogP contribution in [0.3, 0.4) is 0 Å². The number of hydrogen-bond acceptors (Lipinski definition) is 4. The quantitative estimate of drug-likeness (QED) is 0.830. The van der Waals surface area contributed by atoms with E-state index in [2.05, 4.69) is 10.6 Å². The lowest BCUT2D eigenvalue weighted by Gasteiger charge is -2.27. The Morgan fingerprint density at radius 2 is 1.56 bits per heavy atom. The molecule has 2 aliphatic carbocycles. The van der Waals surface area contributed by atoms with E-state index < -0.39 is 0 Å². The summed E-state index contributed by atoms with van der Waals surface area (Å²) in [4.78, 5) is 24.7. The van der Waals surface area contributed by atoms with E-state index in [9.17, 15) is 9.59 Å². The number of anilines is 1. The number of ether oxygens (including phenoxy) is 2. The predicted molar refractivity (Wildman–Crippen MR) is 94.8 cm³/mol. The maximum absolute atomic E-state index is 12.6. The van der Waals surface area contributed by atoms with Gasteiger partial charge < -0.3 is 20.1 Å². The number of nitrogens with one attached hydrogen (secondary N) is 2. The number of hydrogen-bond donors (Lipinski definition) is 2. The SMILES string of the molecule is COc1ccc(OC)c(NC(=O)C2CCC(C(=O)NC3CC3)CC2)c1. The average Bonchev–Trinajstić information content (AvgIpc) is 3.45. The molecular weight excluding hydrogens is 320 g/mol. The number of amides is 2. The monoisotopic (exact) mass is 346 g/mol. The molecule has 0 spiro atoms. The molecule has 0 atom stereocenters. The van der Waals surface area contributed by atoms with Crippen LogP contribution in [0.1, 0.15) is 38.5 Å². The van der Waals surface area contributed by atoms with Gasteiger partial charge in [-0.05, 0) is 50.7 Å². The first-order valence-corrected chi connectivity index (χ1v) is 8.94. The summed E-state index contributed by atoms with van der Waals surface area (Å²) in [5.41, 5.74) is 0.612. The van der Waals surface area contributed by atoms with E-state index in [1.54, 1.807) is 32.4 Å². The zero-order valence-electron chi connectivity index (χ0n) is 14.8. The fourth-order valence-corrected chi connectivity index (χ4v) is 3.31. The lowest BCUT2D eigenvalue weighted by Crippen LogP contribution is -2.36. The van der Waals surface area contributed by atoms with E-state index in [1.165, 1.54) is 0 Å². The van der Waals surface area contributed by atoms with Gasteiger partial charge in [0.15, 0.2) is 0 Å². The summed E-state index contributed by atoms with van der Waals surface area (Å²) in [7, 11) is 3.16. The molecule has 6 nitrogen and oxygen atoms in total. The van der Waals surface area contributed by atoms with Crippen molar-refractivity contribution in [3.05, 3.63) is 18.2 Å². The molecule has 0 heterocycles. The van der Waals surface area contributed by atoms with Crippen molar-refractivity contribution in [2.75, 3.05) is 19.5 Å². The molecule has 136 valence electrons. The van der Waals surface area contributed by atoms with Gasteiger partial charge in [0.05, 0.1) is 19.9 Å². The van der Waals surface area contributed by atoms with Gasteiger partial charge in [-0.15, -0.1) is 0 Å². The lowest BCUT2D eigenvalue weighted by molar-refractivity contribution is -0.128. The summed E-state index contributed by atoms with van der Waals surface area (Å²) in [5.74, 6) is 1.39. The maximum Gasteiger partial charge on any atom is 0.227 e. The van der Waals surface area contributed by atoms with Crippen LogP contribution in [0.15, 0.2) is 18.2 Å². The Kier molecular flexibility index (Phi) is 5.46. The van der Waals surface area contributed by atoms with Gasteiger partial charge in [-0.3, -0.25) is 9.59 Å². The van der Waals surface area contributed by atoms with Gasteiger partial charge in [-0.1, -0.05) is 0 Å². The van der Waals surface area contributed by atoms with Crippen molar-refractivity contribution < 1.29 is 19.1 Å². The van der Waals surface area contributed by atoms with Gasteiger partial charge in [0, 0.05) is 23.9 Å². The number of rotatable bonds is 6. The van der Waals surface area contributed by atoms with E-state index in [0.717, 1.165) is 38.5 Å². The van der Waals surface area contributed by atoms with Crippen LogP contribution < -0.4 is 20.1 Å². The van der Waals surface area contributed by atoms with E-state index in [1.807, 2.05) is 0 Å². The van der Waals surface area contributed by atoms with E-state index in [0.29, 0.717) is 23.2 Å². The van der Waals surface area contributed by atoms with Gasteiger partial charge in [-0.2, -0.15) is 0 Å². The smallest absolute Gasteiger partial charge is 0.227 e. The van der Waals surface area contributed by atoms with Crippen molar-refractivity contribution in [1.29, 1.82) is 0 Å². The van der Waals surface area contributed by atoms with Crippen molar-refractivity contribution >= 4 is 17.5 Å². The molecule has 2 fully saturated rings. The van der Waals surface area contributed by atoms with Gasteiger partial charge in [-0.25, -0.2) is 0 Å². The van der Waals surface area contributed by atoms with Crippen LogP contribution in [0.2, 0.25) is 0 Å². The summed E-state index contributed by atoms with van der Waals surface area (Å²) in [6, 6.07) is 5.71.